The topological polar surface area (TPSA) is 100 Å². The van der Waals surface area contributed by atoms with E-state index in [0.717, 1.165) is 42.3 Å². The van der Waals surface area contributed by atoms with Crippen LogP contribution in [0.4, 0.5) is 0 Å². The Morgan fingerprint density at radius 3 is 3.04 bits per heavy atom. The van der Waals surface area contributed by atoms with Gasteiger partial charge in [-0.3, -0.25) is 9.59 Å². The summed E-state index contributed by atoms with van der Waals surface area (Å²) in [7, 11) is 0. The molecule has 1 heterocycles. The van der Waals surface area contributed by atoms with Crippen molar-refractivity contribution in [3.8, 4) is 5.75 Å². The fraction of sp³-hybridized carbons (Fsp3) is 0.412. The maximum Gasteiger partial charge on any atom is 0.305 e. The van der Waals surface area contributed by atoms with Crippen LogP contribution < -0.4 is 10.1 Å². The molecule has 1 aromatic carbocycles. The summed E-state index contributed by atoms with van der Waals surface area (Å²) in [5.41, 5.74) is 0.828. The van der Waals surface area contributed by atoms with E-state index in [9.17, 15) is 9.59 Å². The molecule has 0 saturated carbocycles. The number of nitrogens with one attached hydrogen (secondary N) is 1. The third-order valence-electron chi connectivity index (χ3n) is 3.37. The molecule has 0 radical (unpaired) electrons. The Morgan fingerprint density at radius 2 is 2.28 bits per heavy atom. The molecule has 1 atom stereocenters. The van der Waals surface area contributed by atoms with Gasteiger partial charge in [-0.15, -0.1) is 5.10 Å². The number of thioether (sulfide) groups is 1. The molecule has 1 fully saturated rings. The molecule has 134 valence electrons. The Kier molecular flexibility index (Phi) is 7.46. The first-order valence-corrected chi connectivity index (χ1v) is 8.99. The average Bonchev–Trinajstić information content (AvgIpc) is 2.91. The fourth-order valence-corrected chi connectivity index (χ4v) is 3.04. The molecule has 1 saturated heterocycles. The average molecular weight is 363 g/mol. The summed E-state index contributed by atoms with van der Waals surface area (Å²) in [4.78, 5) is 22.3. The zero-order valence-electron chi connectivity index (χ0n) is 14.0. The number of ether oxygens (including phenoxy) is 1. The lowest BCUT2D eigenvalue weighted by Crippen LogP contribution is -2.26. The number of amidine groups is 1. The van der Waals surface area contributed by atoms with E-state index in [1.165, 1.54) is 0 Å². The monoisotopic (exact) mass is 363 g/mol. The summed E-state index contributed by atoms with van der Waals surface area (Å²) < 4.78 is 5.68. The number of benzene rings is 1. The largest absolute Gasteiger partial charge is 0.494 e. The number of amides is 1. The highest BCUT2D eigenvalue weighted by atomic mass is 32.2. The second-order valence-electron chi connectivity index (χ2n) is 5.47. The molecule has 1 amide bonds. The van der Waals surface area contributed by atoms with E-state index < -0.39 is 11.2 Å². The minimum absolute atomic E-state index is 0.239. The number of carboxylic acids is 1. The minimum atomic E-state index is -1.02. The summed E-state index contributed by atoms with van der Waals surface area (Å²) in [6.07, 6.45) is 4.64. The van der Waals surface area contributed by atoms with Gasteiger partial charge in [-0.2, -0.15) is 5.10 Å². The molecule has 0 bridgehead atoms. The number of carbonyl (C=O) groups excluding carboxylic acids is 1. The highest BCUT2D eigenvalue weighted by Gasteiger charge is 2.32. The molecule has 0 spiro atoms. The van der Waals surface area contributed by atoms with E-state index in [1.54, 1.807) is 6.21 Å². The van der Waals surface area contributed by atoms with Gasteiger partial charge in [-0.05, 0) is 24.1 Å². The normalized spacial score (nSPS) is 18.7. The van der Waals surface area contributed by atoms with E-state index in [2.05, 4.69) is 22.4 Å². The van der Waals surface area contributed by atoms with E-state index >= 15 is 0 Å². The molecule has 1 unspecified atom stereocenters. The molecular formula is C17H21N3O4S. The van der Waals surface area contributed by atoms with Gasteiger partial charge in [-0.25, -0.2) is 0 Å². The minimum Gasteiger partial charge on any atom is -0.494 e. The van der Waals surface area contributed by atoms with E-state index in [4.69, 9.17) is 9.84 Å². The molecule has 0 aliphatic carbocycles. The van der Waals surface area contributed by atoms with Crippen LogP contribution in [0.3, 0.4) is 0 Å². The van der Waals surface area contributed by atoms with Gasteiger partial charge in [-0.1, -0.05) is 43.7 Å². The molecule has 1 aliphatic heterocycles. The van der Waals surface area contributed by atoms with Crippen LogP contribution in [0.1, 0.15) is 38.2 Å². The van der Waals surface area contributed by atoms with Crippen LogP contribution in [-0.2, 0) is 9.59 Å². The first kappa shape index (κ1) is 19.0. The van der Waals surface area contributed by atoms with Crippen LogP contribution in [0, 0.1) is 0 Å². The highest BCUT2D eigenvalue weighted by molar-refractivity contribution is 8.15. The lowest BCUT2D eigenvalue weighted by Gasteiger charge is -2.05. The number of carbonyl (C=O) groups is 2. The summed E-state index contributed by atoms with van der Waals surface area (Å²) in [6, 6.07) is 7.50. The number of nitrogens with zero attached hydrogens (tertiary/aromatic N) is 2. The van der Waals surface area contributed by atoms with E-state index in [-0.39, 0.29) is 12.3 Å². The molecule has 2 N–H and O–H groups in total. The van der Waals surface area contributed by atoms with Crippen molar-refractivity contribution in [2.45, 2.75) is 37.9 Å². The Labute approximate surface area is 150 Å². The van der Waals surface area contributed by atoms with Gasteiger partial charge in [0.15, 0.2) is 5.17 Å². The lowest BCUT2D eigenvalue weighted by atomic mass is 10.2. The third kappa shape index (κ3) is 6.58. The molecule has 2 rings (SSSR count). The number of carboxylic acid groups (broad SMARTS) is 1. The van der Waals surface area contributed by atoms with Crippen molar-refractivity contribution >= 4 is 35.0 Å². The number of hydrogen-bond donors (Lipinski definition) is 2. The molecule has 1 aliphatic rings. The van der Waals surface area contributed by atoms with Gasteiger partial charge < -0.3 is 15.2 Å². The number of unbranched alkanes of at least 4 members (excludes halogenated alkanes) is 2. The van der Waals surface area contributed by atoms with Crippen LogP contribution in [0.5, 0.6) is 5.75 Å². The van der Waals surface area contributed by atoms with Crippen molar-refractivity contribution in [2.24, 2.45) is 10.2 Å². The van der Waals surface area contributed by atoms with E-state index in [1.807, 2.05) is 24.3 Å². The maximum absolute atomic E-state index is 11.6. The van der Waals surface area contributed by atoms with E-state index in [0.29, 0.717) is 11.8 Å². The zero-order chi connectivity index (χ0) is 18.1. The van der Waals surface area contributed by atoms with Gasteiger partial charge in [0.05, 0.1) is 19.2 Å². The second kappa shape index (κ2) is 9.83. The Morgan fingerprint density at radius 1 is 1.44 bits per heavy atom. The van der Waals surface area contributed by atoms with Gasteiger partial charge >= 0.3 is 5.97 Å². The molecule has 1 aromatic rings. The van der Waals surface area contributed by atoms with Crippen LogP contribution in [-0.4, -0.2) is 40.2 Å². The van der Waals surface area contributed by atoms with Crippen molar-refractivity contribution < 1.29 is 19.4 Å². The van der Waals surface area contributed by atoms with Crippen molar-refractivity contribution in [1.82, 2.24) is 5.32 Å². The second-order valence-corrected chi connectivity index (χ2v) is 6.66. The first-order valence-electron chi connectivity index (χ1n) is 8.11. The molecule has 7 nitrogen and oxygen atoms in total. The van der Waals surface area contributed by atoms with Gasteiger partial charge in [0.2, 0.25) is 5.91 Å². The summed E-state index contributed by atoms with van der Waals surface area (Å²) >= 11 is 1.07. The predicted octanol–water partition coefficient (Wildman–Crippen LogP) is 2.65. The molecule has 0 aromatic heterocycles. The van der Waals surface area contributed by atoms with Crippen LogP contribution in [0.25, 0.3) is 0 Å². The zero-order valence-corrected chi connectivity index (χ0v) is 14.8. The van der Waals surface area contributed by atoms with Gasteiger partial charge in [0.25, 0.3) is 0 Å². The van der Waals surface area contributed by atoms with Crippen LogP contribution in [0.15, 0.2) is 34.5 Å². The highest BCUT2D eigenvalue weighted by Crippen LogP contribution is 2.22. The van der Waals surface area contributed by atoms with Gasteiger partial charge in [0, 0.05) is 0 Å². The molecule has 8 heteroatoms. The van der Waals surface area contributed by atoms with Crippen molar-refractivity contribution in [3.05, 3.63) is 29.8 Å². The van der Waals surface area contributed by atoms with Gasteiger partial charge in [0.1, 0.15) is 11.0 Å². The Balaban J connectivity index is 1.89. The van der Waals surface area contributed by atoms with Crippen molar-refractivity contribution in [1.29, 1.82) is 0 Å². The SMILES string of the molecule is CCCCCOc1cccc(C=NN=C2NC(=O)C(CC(=O)O)S2)c1. The smallest absolute Gasteiger partial charge is 0.305 e. The third-order valence-corrected chi connectivity index (χ3v) is 4.44. The summed E-state index contributed by atoms with van der Waals surface area (Å²) in [5, 5.41) is 18.8. The Bertz CT molecular complexity index is 676. The van der Waals surface area contributed by atoms with Crippen molar-refractivity contribution in [2.75, 3.05) is 6.61 Å². The summed E-state index contributed by atoms with van der Waals surface area (Å²) in [6.45, 7) is 2.83. The first-order chi connectivity index (χ1) is 12.1. The standard InChI is InChI=1S/C17H21N3O4S/c1-2-3-4-8-24-13-7-5-6-12(9-13)11-18-20-17-19-16(23)14(25-17)10-15(21)22/h5-7,9,11,14H,2-4,8,10H2,1H3,(H,21,22)(H,19,20,23). The number of aliphatic carboxylic acids is 1. The molecular weight excluding hydrogens is 342 g/mol. The Hall–Kier alpha value is -2.35. The maximum atomic E-state index is 11.6. The lowest BCUT2D eigenvalue weighted by molar-refractivity contribution is -0.138. The van der Waals surface area contributed by atoms with Crippen LogP contribution >= 0.6 is 11.8 Å². The van der Waals surface area contributed by atoms with Crippen LogP contribution in [0.2, 0.25) is 0 Å². The predicted molar refractivity (Wildman–Crippen MR) is 98.3 cm³/mol. The quantitative estimate of drug-likeness (QED) is 0.399. The fourth-order valence-electron chi connectivity index (χ4n) is 2.12. The number of hydrogen-bond acceptors (Lipinski definition) is 6. The molecule has 25 heavy (non-hydrogen) atoms. The summed E-state index contributed by atoms with van der Waals surface area (Å²) in [5.74, 6) is -0.602. The van der Waals surface area contributed by atoms with Crippen molar-refractivity contribution in [3.63, 3.8) is 0 Å². The number of rotatable bonds is 9.